The molecule has 0 radical (unpaired) electrons. The highest BCUT2D eigenvalue weighted by Crippen LogP contribution is 2.25. The molecule has 0 amide bonds. The number of nitrogens with zero attached hydrogens (tertiary/aromatic N) is 2. The normalized spacial score (nSPS) is 16.6. The maximum absolute atomic E-state index is 4.89. The van der Waals surface area contributed by atoms with Gasteiger partial charge in [0.1, 0.15) is 5.82 Å². The van der Waals surface area contributed by atoms with E-state index < -0.39 is 0 Å². The van der Waals surface area contributed by atoms with Gasteiger partial charge in [-0.2, -0.15) is 0 Å². The van der Waals surface area contributed by atoms with Crippen molar-refractivity contribution >= 4 is 5.82 Å². The van der Waals surface area contributed by atoms with Crippen molar-refractivity contribution in [2.24, 2.45) is 0 Å². The van der Waals surface area contributed by atoms with Crippen molar-refractivity contribution in [1.29, 1.82) is 0 Å². The molecule has 3 nitrogen and oxygen atoms in total. The summed E-state index contributed by atoms with van der Waals surface area (Å²) in [5.74, 6) is 1.23. The van der Waals surface area contributed by atoms with Crippen molar-refractivity contribution < 1.29 is 0 Å². The van der Waals surface area contributed by atoms with Crippen molar-refractivity contribution in [3.05, 3.63) is 22.9 Å². The van der Waals surface area contributed by atoms with Crippen LogP contribution in [-0.4, -0.2) is 24.6 Å². The highest BCUT2D eigenvalue weighted by Gasteiger charge is 2.16. The van der Waals surface area contributed by atoms with E-state index >= 15 is 0 Å². The topological polar surface area (TPSA) is 28.2 Å². The summed E-state index contributed by atoms with van der Waals surface area (Å²) in [4.78, 5) is 7.42. The second kappa shape index (κ2) is 8.38. The number of hydrogen-bond acceptors (Lipinski definition) is 3. The van der Waals surface area contributed by atoms with Gasteiger partial charge in [0, 0.05) is 30.9 Å². The fourth-order valence-electron chi connectivity index (χ4n) is 3.17. The predicted octanol–water partition coefficient (Wildman–Crippen LogP) is 3.97. The van der Waals surface area contributed by atoms with Crippen LogP contribution in [-0.2, 0) is 6.54 Å². The van der Waals surface area contributed by atoms with Crippen molar-refractivity contribution in [3.63, 3.8) is 0 Å². The maximum Gasteiger partial charge on any atom is 0.133 e. The third kappa shape index (κ3) is 4.70. The summed E-state index contributed by atoms with van der Waals surface area (Å²) in [6, 6.07) is 2.22. The molecule has 0 unspecified atom stereocenters. The van der Waals surface area contributed by atoms with E-state index in [9.17, 15) is 0 Å². The monoisotopic (exact) mass is 289 g/mol. The van der Waals surface area contributed by atoms with E-state index in [1.807, 2.05) is 0 Å². The molecular formula is C18H31N3. The first-order valence-corrected chi connectivity index (χ1v) is 8.65. The van der Waals surface area contributed by atoms with Gasteiger partial charge in [0.15, 0.2) is 0 Å². The van der Waals surface area contributed by atoms with Gasteiger partial charge in [-0.15, -0.1) is 0 Å². The van der Waals surface area contributed by atoms with Gasteiger partial charge >= 0.3 is 0 Å². The Balaban J connectivity index is 2.21. The van der Waals surface area contributed by atoms with E-state index in [0.29, 0.717) is 0 Å². The lowest BCUT2D eigenvalue weighted by Gasteiger charge is -2.29. The number of hydrogen-bond donors (Lipinski definition) is 1. The Morgan fingerprint density at radius 3 is 2.43 bits per heavy atom. The second-order valence-corrected chi connectivity index (χ2v) is 6.31. The number of rotatable bonds is 5. The summed E-state index contributed by atoms with van der Waals surface area (Å²) >= 11 is 0. The number of nitrogens with one attached hydrogen (secondary N) is 1. The van der Waals surface area contributed by atoms with Crippen LogP contribution in [0.5, 0.6) is 0 Å². The van der Waals surface area contributed by atoms with E-state index in [4.69, 9.17) is 4.98 Å². The molecule has 0 aliphatic carbocycles. The van der Waals surface area contributed by atoms with Crippen LogP contribution in [0, 0.1) is 13.8 Å². The Labute approximate surface area is 130 Å². The van der Waals surface area contributed by atoms with Crippen LogP contribution in [0.3, 0.4) is 0 Å². The Hall–Kier alpha value is -1.09. The van der Waals surface area contributed by atoms with Gasteiger partial charge in [-0.05, 0) is 51.3 Å². The first kappa shape index (κ1) is 16.3. The van der Waals surface area contributed by atoms with E-state index in [2.05, 4.69) is 37.1 Å². The molecule has 0 saturated carbocycles. The van der Waals surface area contributed by atoms with Crippen LogP contribution in [0.25, 0.3) is 0 Å². The fraction of sp³-hybridized carbons (Fsp3) is 0.722. The summed E-state index contributed by atoms with van der Waals surface area (Å²) in [6.07, 6.45) is 7.92. The van der Waals surface area contributed by atoms with Crippen LogP contribution >= 0.6 is 0 Å². The van der Waals surface area contributed by atoms with Gasteiger partial charge in [0.25, 0.3) is 0 Å². The minimum absolute atomic E-state index is 0.943. The lowest BCUT2D eigenvalue weighted by molar-refractivity contribution is 0.551. The molecule has 1 fully saturated rings. The van der Waals surface area contributed by atoms with E-state index in [-0.39, 0.29) is 0 Å². The molecule has 1 aromatic rings. The minimum atomic E-state index is 0.943. The number of aromatic nitrogens is 1. The summed E-state index contributed by atoms with van der Waals surface area (Å²) in [5, 5.41) is 3.55. The zero-order valence-corrected chi connectivity index (χ0v) is 14.0. The quantitative estimate of drug-likeness (QED) is 0.831. The van der Waals surface area contributed by atoms with E-state index in [1.54, 1.807) is 0 Å². The Kier molecular flexibility index (Phi) is 6.50. The van der Waals surface area contributed by atoms with Crippen molar-refractivity contribution in [1.82, 2.24) is 10.3 Å². The smallest absolute Gasteiger partial charge is 0.133 e. The zero-order chi connectivity index (χ0) is 15.1. The van der Waals surface area contributed by atoms with E-state index in [0.717, 1.165) is 31.9 Å². The molecule has 1 N–H and O–H groups in total. The maximum atomic E-state index is 4.89. The summed E-state index contributed by atoms with van der Waals surface area (Å²) in [7, 11) is 0. The Morgan fingerprint density at radius 1 is 1.10 bits per heavy atom. The van der Waals surface area contributed by atoms with Crippen LogP contribution in [0.2, 0.25) is 0 Å². The van der Waals surface area contributed by atoms with E-state index in [1.165, 1.54) is 55.5 Å². The first-order valence-electron chi connectivity index (χ1n) is 8.65. The average molecular weight is 289 g/mol. The minimum Gasteiger partial charge on any atom is -0.356 e. The predicted molar refractivity (Wildman–Crippen MR) is 91.0 cm³/mol. The number of anilines is 1. The average Bonchev–Trinajstić information content (AvgIpc) is 2.41. The molecule has 0 bridgehead atoms. The SMILES string of the molecule is CCCNCc1c(C)cc(C)nc1N1CCCCCCC1. The van der Waals surface area contributed by atoms with Crippen LogP contribution in [0.1, 0.15) is 62.3 Å². The largest absolute Gasteiger partial charge is 0.356 e. The lowest BCUT2D eigenvalue weighted by Crippen LogP contribution is -2.30. The molecule has 0 atom stereocenters. The Morgan fingerprint density at radius 2 is 1.76 bits per heavy atom. The van der Waals surface area contributed by atoms with Crippen molar-refractivity contribution in [2.75, 3.05) is 24.5 Å². The van der Waals surface area contributed by atoms with Gasteiger partial charge in [-0.25, -0.2) is 4.98 Å². The van der Waals surface area contributed by atoms with Gasteiger partial charge in [0.2, 0.25) is 0 Å². The zero-order valence-electron chi connectivity index (χ0n) is 14.0. The second-order valence-electron chi connectivity index (χ2n) is 6.31. The van der Waals surface area contributed by atoms with Crippen LogP contribution in [0.4, 0.5) is 5.82 Å². The molecule has 3 heteroatoms. The number of aryl methyl sites for hydroxylation is 2. The van der Waals surface area contributed by atoms with Gasteiger partial charge in [0.05, 0.1) is 0 Å². The van der Waals surface area contributed by atoms with Crippen molar-refractivity contribution in [2.45, 2.75) is 65.8 Å². The molecule has 1 aliphatic rings. The molecule has 2 rings (SSSR count). The molecule has 21 heavy (non-hydrogen) atoms. The lowest BCUT2D eigenvalue weighted by atomic mass is 10.1. The van der Waals surface area contributed by atoms with Crippen LogP contribution in [0.15, 0.2) is 6.07 Å². The molecule has 1 aliphatic heterocycles. The molecule has 0 spiro atoms. The molecule has 0 aromatic carbocycles. The summed E-state index contributed by atoms with van der Waals surface area (Å²) < 4.78 is 0. The third-order valence-electron chi connectivity index (χ3n) is 4.34. The summed E-state index contributed by atoms with van der Waals surface area (Å²) in [5.41, 5.74) is 3.92. The summed E-state index contributed by atoms with van der Waals surface area (Å²) in [6.45, 7) is 10.9. The van der Waals surface area contributed by atoms with Crippen molar-refractivity contribution in [3.8, 4) is 0 Å². The third-order valence-corrected chi connectivity index (χ3v) is 4.34. The van der Waals surface area contributed by atoms with Gasteiger partial charge in [-0.3, -0.25) is 0 Å². The highest BCUT2D eigenvalue weighted by molar-refractivity contribution is 5.51. The van der Waals surface area contributed by atoms with Gasteiger partial charge in [-0.1, -0.05) is 26.2 Å². The molecule has 2 heterocycles. The molecule has 1 aromatic heterocycles. The molecular weight excluding hydrogens is 258 g/mol. The Bertz CT molecular complexity index is 434. The van der Waals surface area contributed by atoms with Gasteiger partial charge < -0.3 is 10.2 Å². The van der Waals surface area contributed by atoms with Crippen LogP contribution < -0.4 is 10.2 Å². The fourth-order valence-corrected chi connectivity index (χ4v) is 3.17. The number of pyridine rings is 1. The highest BCUT2D eigenvalue weighted by atomic mass is 15.2. The first-order chi connectivity index (χ1) is 10.2. The standard InChI is InChI=1S/C18H31N3/c1-4-10-19-14-17-15(2)13-16(3)20-18(17)21-11-8-6-5-7-9-12-21/h13,19H,4-12,14H2,1-3H3. The molecule has 118 valence electrons. The molecule has 1 saturated heterocycles.